The maximum absolute atomic E-state index is 6.25. The van der Waals surface area contributed by atoms with E-state index in [2.05, 4.69) is 16.0 Å². The zero-order valence-electron chi connectivity index (χ0n) is 9.82. The minimum atomic E-state index is -0.0419. The number of aromatic nitrogens is 2. The average Bonchev–Trinajstić information content (AvgIpc) is 2.56. The van der Waals surface area contributed by atoms with Gasteiger partial charge in [-0.25, -0.2) is 9.97 Å². The molecule has 2 N–H and O–H groups in total. The van der Waals surface area contributed by atoms with E-state index >= 15 is 0 Å². The highest BCUT2D eigenvalue weighted by Gasteiger charge is 2.14. The first-order valence-corrected chi connectivity index (χ1v) is 6.01. The van der Waals surface area contributed by atoms with E-state index in [0.29, 0.717) is 0 Å². The fourth-order valence-corrected chi connectivity index (χ4v) is 2.16. The lowest BCUT2D eigenvalue weighted by molar-refractivity contribution is 0.680. The van der Waals surface area contributed by atoms with E-state index in [1.165, 1.54) is 24.8 Å². The topological polar surface area (TPSA) is 51.8 Å². The molecule has 0 saturated carbocycles. The number of rotatable bonds is 2. The Balaban J connectivity index is 2.17. The first-order chi connectivity index (χ1) is 7.77. The lowest BCUT2D eigenvalue weighted by Gasteiger charge is -2.14. The molecule has 1 aromatic heterocycles. The lowest BCUT2D eigenvalue weighted by atomic mass is 10.00. The molecule has 2 rings (SSSR count). The van der Waals surface area contributed by atoms with E-state index in [0.717, 1.165) is 24.4 Å². The zero-order chi connectivity index (χ0) is 11.4. The van der Waals surface area contributed by atoms with Gasteiger partial charge < -0.3 is 5.73 Å². The Kier molecular flexibility index (Phi) is 3.67. The quantitative estimate of drug-likeness (QED) is 0.775. The molecule has 0 aliphatic heterocycles. The Labute approximate surface area is 96.8 Å². The van der Waals surface area contributed by atoms with Crippen molar-refractivity contribution in [2.45, 2.75) is 45.1 Å². The van der Waals surface area contributed by atoms with Crippen molar-refractivity contribution in [3.8, 4) is 0 Å². The molecule has 3 nitrogen and oxygen atoms in total. The zero-order valence-corrected chi connectivity index (χ0v) is 9.82. The summed E-state index contributed by atoms with van der Waals surface area (Å²) in [7, 11) is 0. The van der Waals surface area contributed by atoms with Gasteiger partial charge in [0.1, 0.15) is 5.82 Å². The summed E-state index contributed by atoms with van der Waals surface area (Å²) in [6.07, 6.45) is 10.2. The molecule has 16 heavy (non-hydrogen) atoms. The molecule has 1 aliphatic rings. The summed E-state index contributed by atoms with van der Waals surface area (Å²) in [5, 5.41) is 0. The molecule has 86 valence electrons. The Morgan fingerprint density at radius 2 is 2.19 bits per heavy atom. The molecule has 0 fully saturated rings. The predicted molar refractivity (Wildman–Crippen MR) is 64.9 cm³/mol. The number of nitrogens with two attached hydrogens (primary N) is 1. The van der Waals surface area contributed by atoms with Gasteiger partial charge in [0.15, 0.2) is 0 Å². The average molecular weight is 217 g/mol. The van der Waals surface area contributed by atoms with Crippen LogP contribution < -0.4 is 5.73 Å². The molecule has 0 radical (unpaired) electrons. The van der Waals surface area contributed by atoms with Crippen molar-refractivity contribution >= 4 is 0 Å². The predicted octanol–water partition coefficient (Wildman–Crippen LogP) is 2.68. The second kappa shape index (κ2) is 5.21. The van der Waals surface area contributed by atoms with Crippen LogP contribution in [0.3, 0.4) is 0 Å². The van der Waals surface area contributed by atoms with E-state index in [1.54, 1.807) is 6.20 Å². The number of hydrogen-bond donors (Lipinski definition) is 1. The first kappa shape index (κ1) is 11.3. The molecule has 1 unspecified atom stereocenters. The summed E-state index contributed by atoms with van der Waals surface area (Å²) in [4.78, 5) is 8.50. The summed E-state index contributed by atoms with van der Waals surface area (Å²) in [6.45, 7) is 1.90. The van der Waals surface area contributed by atoms with Gasteiger partial charge in [0.05, 0.1) is 11.7 Å². The maximum atomic E-state index is 6.25. The van der Waals surface area contributed by atoms with Gasteiger partial charge in [-0.05, 0) is 38.7 Å². The van der Waals surface area contributed by atoms with Crippen LogP contribution >= 0.6 is 0 Å². The van der Waals surface area contributed by atoms with Gasteiger partial charge in [-0.3, -0.25) is 0 Å². The largest absolute Gasteiger partial charge is 0.319 e. The van der Waals surface area contributed by atoms with Crippen LogP contribution in [-0.4, -0.2) is 9.97 Å². The second-order valence-corrected chi connectivity index (χ2v) is 4.38. The molecular weight excluding hydrogens is 198 g/mol. The molecule has 0 bridgehead atoms. The fraction of sp³-hybridized carbons (Fsp3) is 0.538. The molecule has 0 amide bonds. The second-order valence-electron chi connectivity index (χ2n) is 4.38. The normalized spacial score (nSPS) is 18.8. The highest BCUT2D eigenvalue weighted by atomic mass is 14.9. The van der Waals surface area contributed by atoms with Crippen LogP contribution in [-0.2, 0) is 0 Å². The monoisotopic (exact) mass is 217 g/mol. The summed E-state index contributed by atoms with van der Waals surface area (Å²) >= 11 is 0. The molecule has 0 aromatic carbocycles. The molecule has 1 aliphatic carbocycles. The van der Waals surface area contributed by atoms with Crippen LogP contribution in [0, 0.1) is 6.92 Å². The molecule has 1 atom stereocenters. The van der Waals surface area contributed by atoms with E-state index in [-0.39, 0.29) is 6.04 Å². The van der Waals surface area contributed by atoms with Crippen molar-refractivity contribution in [1.82, 2.24) is 9.97 Å². The van der Waals surface area contributed by atoms with E-state index < -0.39 is 0 Å². The van der Waals surface area contributed by atoms with Crippen molar-refractivity contribution in [3.05, 3.63) is 35.4 Å². The van der Waals surface area contributed by atoms with E-state index in [9.17, 15) is 0 Å². The van der Waals surface area contributed by atoms with Crippen LogP contribution in [0.15, 0.2) is 23.9 Å². The highest BCUT2D eigenvalue weighted by molar-refractivity contribution is 5.21. The number of aryl methyl sites for hydroxylation is 1. The number of hydrogen-bond acceptors (Lipinski definition) is 3. The van der Waals surface area contributed by atoms with Gasteiger partial charge in [-0.1, -0.05) is 18.1 Å². The molecule has 0 saturated heterocycles. The van der Waals surface area contributed by atoms with Gasteiger partial charge in [0.2, 0.25) is 0 Å². The lowest BCUT2D eigenvalue weighted by Crippen LogP contribution is -2.15. The fourth-order valence-electron chi connectivity index (χ4n) is 2.16. The third kappa shape index (κ3) is 2.67. The summed E-state index contributed by atoms with van der Waals surface area (Å²) in [5.74, 6) is 0.794. The van der Waals surface area contributed by atoms with Crippen molar-refractivity contribution in [3.63, 3.8) is 0 Å². The molecule has 0 spiro atoms. The van der Waals surface area contributed by atoms with Crippen LogP contribution in [0.1, 0.15) is 49.7 Å². The van der Waals surface area contributed by atoms with Crippen molar-refractivity contribution in [2.75, 3.05) is 0 Å². The Hall–Kier alpha value is -1.22. The molecule has 3 heteroatoms. The Bertz CT molecular complexity index is 385. The number of nitrogens with zero attached hydrogens (tertiary/aromatic N) is 2. The highest BCUT2D eigenvalue weighted by Crippen LogP contribution is 2.26. The van der Waals surface area contributed by atoms with Crippen molar-refractivity contribution in [1.29, 1.82) is 0 Å². The molecular formula is C13H19N3. The standard InChI is InChI=1S/C13H19N3/c1-10-15-9-8-12(16-10)13(14)11-6-4-2-3-5-7-11/h6,8-9,13H,2-5,7,14H2,1H3. The third-order valence-electron chi connectivity index (χ3n) is 3.09. The van der Waals surface area contributed by atoms with Crippen LogP contribution in [0.5, 0.6) is 0 Å². The molecule has 1 heterocycles. The van der Waals surface area contributed by atoms with E-state index in [4.69, 9.17) is 5.73 Å². The van der Waals surface area contributed by atoms with Gasteiger partial charge in [0, 0.05) is 6.20 Å². The minimum Gasteiger partial charge on any atom is -0.319 e. The van der Waals surface area contributed by atoms with Crippen LogP contribution in [0.2, 0.25) is 0 Å². The minimum absolute atomic E-state index is 0.0419. The third-order valence-corrected chi connectivity index (χ3v) is 3.09. The van der Waals surface area contributed by atoms with E-state index in [1.807, 2.05) is 13.0 Å². The Morgan fingerprint density at radius 3 is 3.00 bits per heavy atom. The molecule has 1 aromatic rings. The number of allylic oxidation sites excluding steroid dienone is 1. The van der Waals surface area contributed by atoms with Gasteiger partial charge in [-0.2, -0.15) is 0 Å². The Morgan fingerprint density at radius 1 is 1.31 bits per heavy atom. The van der Waals surface area contributed by atoms with Gasteiger partial charge >= 0.3 is 0 Å². The summed E-state index contributed by atoms with van der Waals surface area (Å²) in [5.41, 5.74) is 8.54. The summed E-state index contributed by atoms with van der Waals surface area (Å²) < 4.78 is 0. The van der Waals surface area contributed by atoms with Crippen LogP contribution in [0.25, 0.3) is 0 Å². The van der Waals surface area contributed by atoms with Crippen molar-refractivity contribution in [2.24, 2.45) is 5.73 Å². The first-order valence-electron chi connectivity index (χ1n) is 6.01. The SMILES string of the molecule is Cc1nccc(C(N)C2=CCCCCC2)n1. The smallest absolute Gasteiger partial charge is 0.125 e. The van der Waals surface area contributed by atoms with Crippen molar-refractivity contribution < 1.29 is 0 Å². The van der Waals surface area contributed by atoms with Crippen LogP contribution in [0.4, 0.5) is 0 Å². The van der Waals surface area contributed by atoms with Gasteiger partial charge in [0.25, 0.3) is 0 Å². The summed E-state index contributed by atoms with van der Waals surface area (Å²) in [6, 6.07) is 1.88. The maximum Gasteiger partial charge on any atom is 0.125 e. The van der Waals surface area contributed by atoms with Gasteiger partial charge in [-0.15, -0.1) is 0 Å².